The molecule has 1 aromatic carbocycles. The van der Waals surface area contributed by atoms with E-state index in [0.29, 0.717) is 11.7 Å². The highest BCUT2D eigenvalue weighted by Crippen LogP contribution is 2.20. The maximum Gasteiger partial charge on any atom is 0.146 e. The quantitative estimate of drug-likeness (QED) is 0.808. The van der Waals surface area contributed by atoms with Crippen molar-refractivity contribution in [1.29, 1.82) is 0 Å². The van der Waals surface area contributed by atoms with Crippen LogP contribution in [0.4, 0.5) is 10.1 Å². The van der Waals surface area contributed by atoms with Crippen molar-refractivity contribution in [3.8, 4) is 0 Å². The number of para-hydroxylation sites is 1. The minimum Gasteiger partial charge on any atom is -0.380 e. The predicted molar refractivity (Wildman–Crippen MR) is 58.5 cm³/mol. The molecule has 2 atom stereocenters. The fourth-order valence-electron chi connectivity index (χ4n) is 1.93. The van der Waals surface area contributed by atoms with Crippen LogP contribution >= 0.6 is 0 Å². The summed E-state index contributed by atoms with van der Waals surface area (Å²) in [5.74, 6) is -0.184. The molecule has 2 rings (SSSR count). The zero-order valence-corrected chi connectivity index (χ0v) is 8.87. The van der Waals surface area contributed by atoms with Gasteiger partial charge in [-0.2, -0.15) is 0 Å². The van der Waals surface area contributed by atoms with E-state index in [1.54, 1.807) is 12.1 Å². The van der Waals surface area contributed by atoms with Crippen LogP contribution in [0.1, 0.15) is 19.8 Å². The van der Waals surface area contributed by atoms with Gasteiger partial charge in [0.2, 0.25) is 0 Å². The fraction of sp³-hybridized carbons (Fsp3) is 0.500. The molecule has 1 heterocycles. The van der Waals surface area contributed by atoms with E-state index in [9.17, 15) is 4.39 Å². The van der Waals surface area contributed by atoms with Crippen LogP contribution in [0.3, 0.4) is 0 Å². The van der Waals surface area contributed by atoms with Crippen molar-refractivity contribution in [2.45, 2.75) is 31.9 Å². The Morgan fingerprint density at radius 2 is 2.20 bits per heavy atom. The van der Waals surface area contributed by atoms with Gasteiger partial charge in [0.15, 0.2) is 0 Å². The molecular weight excluding hydrogens is 193 g/mol. The topological polar surface area (TPSA) is 21.3 Å². The Bertz CT molecular complexity index is 329. The second-order valence-electron chi connectivity index (χ2n) is 4.03. The van der Waals surface area contributed by atoms with Gasteiger partial charge in [-0.1, -0.05) is 12.1 Å². The first kappa shape index (κ1) is 10.4. The Morgan fingerprint density at radius 1 is 1.40 bits per heavy atom. The van der Waals surface area contributed by atoms with Crippen molar-refractivity contribution in [3.63, 3.8) is 0 Å². The van der Waals surface area contributed by atoms with Crippen molar-refractivity contribution < 1.29 is 9.13 Å². The number of ether oxygens (including phenoxy) is 1. The lowest BCUT2D eigenvalue weighted by molar-refractivity contribution is 0.0232. The van der Waals surface area contributed by atoms with E-state index in [-0.39, 0.29) is 11.9 Å². The molecular formula is C12H16FNO. The van der Waals surface area contributed by atoms with Crippen LogP contribution in [-0.2, 0) is 4.74 Å². The molecule has 1 aliphatic heterocycles. The maximum atomic E-state index is 13.3. The second-order valence-corrected chi connectivity index (χ2v) is 4.03. The van der Waals surface area contributed by atoms with Gasteiger partial charge < -0.3 is 10.1 Å². The molecule has 0 spiro atoms. The zero-order valence-electron chi connectivity index (χ0n) is 8.87. The smallest absolute Gasteiger partial charge is 0.146 e. The Kier molecular flexibility index (Phi) is 3.21. The third kappa shape index (κ3) is 2.69. The highest BCUT2D eigenvalue weighted by Gasteiger charge is 2.19. The number of hydrogen-bond acceptors (Lipinski definition) is 2. The normalized spacial score (nSPS) is 26.3. The largest absolute Gasteiger partial charge is 0.380 e. The van der Waals surface area contributed by atoms with Crippen LogP contribution in [0, 0.1) is 5.82 Å². The Hall–Kier alpha value is -1.09. The Labute approximate surface area is 89.4 Å². The summed E-state index contributed by atoms with van der Waals surface area (Å²) in [5.41, 5.74) is 0.594. The number of benzene rings is 1. The molecule has 1 fully saturated rings. The van der Waals surface area contributed by atoms with Crippen LogP contribution in [0.2, 0.25) is 0 Å². The van der Waals surface area contributed by atoms with Crippen molar-refractivity contribution in [1.82, 2.24) is 0 Å². The molecule has 1 N–H and O–H groups in total. The minimum atomic E-state index is -0.184. The molecule has 1 aromatic rings. The third-order valence-electron chi connectivity index (χ3n) is 2.72. The number of anilines is 1. The maximum absolute atomic E-state index is 13.3. The average Bonchev–Trinajstić information content (AvgIpc) is 2.22. The van der Waals surface area contributed by atoms with Gasteiger partial charge in [0, 0.05) is 12.6 Å². The Balaban J connectivity index is 1.99. The predicted octanol–water partition coefficient (Wildman–Crippen LogP) is 2.81. The summed E-state index contributed by atoms with van der Waals surface area (Å²) >= 11 is 0. The lowest BCUT2D eigenvalue weighted by Crippen LogP contribution is -2.32. The van der Waals surface area contributed by atoms with Crippen LogP contribution in [0.15, 0.2) is 24.3 Å². The summed E-state index contributed by atoms with van der Waals surface area (Å²) in [6.07, 6.45) is 2.15. The number of nitrogens with one attached hydrogen (secondary N) is 1. The summed E-state index contributed by atoms with van der Waals surface area (Å²) in [6, 6.07) is 7.12. The van der Waals surface area contributed by atoms with E-state index in [4.69, 9.17) is 4.74 Å². The van der Waals surface area contributed by atoms with Gasteiger partial charge in [0.1, 0.15) is 5.82 Å². The zero-order chi connectivity index (χ0) is 10.7. The average molecular weight is 209 g/mol. The molecule has 0 radical (unpaired) electrons. The first-order valence-corrected chi connectivity index (χ1v) is 5.38. The lowest BCUT2D eigenvalue weighted by atomic mass is 10.0. The van der Waals surface area contributed by atoms with Crippen LogP contribution in [0.25, 0.3) is 0 Å². The van der Waals surface area contributed by atoms with E-state index < -0.39 is 0 Å². The van der Waals surface area contributed by atoms with E-state index in [1.165, 1.54) is 6.07 Å². The molecule has 0 bridgehead atoms. The molecule has 15 heavy (non-hydrogen) atoms. The molecule has 82 valence electrons. The number of halogens is 1. The van der Waals surface area contributed by atoms with Gasteiger partial charge in [0.05, 0.1) is 11.8 Å². The van der Waals surface area contributed by atoms with E-state index in [2.05, 4.69) is 12.2 Å². The van der Waals surface area contributed by atoms with Crippen molar-refractivity contribution >= 4 is 5.69 Å². The highest BCUT2D eigenvalue weighted by atomic mass is 19.1. The lowest BCUT2D eigenvalue weighted by Gasteiger charge is -2.28. The van der Waals surface area contributed by atoms with Crippen LogP contribution in [-0.4, -0.2) is 18.8 Å². The van der Waals surface area contributed by atoms with Gasteiger partial charge >= 0.3 is 0 Å². The summed E-state index contributed by atoms with van der Waals surface area (Å²) in [4.78, 5) is 0. The van der Waals surface area contributed by atoms with E-state index in [1.807, 2.05) is 6.07 Å². The molecule has 2 unspecified atom stereocenters. The number of rotatable bonds is 2. The van der Waals surface area contributed by atoms with Crippen molar-refractivity contribution in [3.05, 3.63) is 30.1 Å². The second kappa shape index (κ2) is 4.62. The molecule has 0 amide bonds. The summed E-state index contributed by atoms with van der Waals surface area (Å²) < 4.78 is 18.8. The molecule has 1 saturated heterocycles. The molecule has 2 nitrogen and oxygen atoms in total. The SMILES string of the molecule is CC1CC(Nc2ccccc2F)CCO1. The first-order chi connectivity index (χ1) is 7.25. The van der Waals surface area contributed by atoms with Gasteiger partial charge in [0.25, 0.3) is 0 Å². The van der Waals surface area contributed by atoms with E-state index in [0.717, 1.165) is 19.4 Å². The molecule has 0 saturated carbocycles. The third-order valence-corrected chi connectivity index (χ3v) is 2.72. The summed E-state index contributed by atoms with van der Waals surface area (Å²) in [5, 5.41) is 3.22. The summed E-state index contributed by atoms with van der Waals surface area (Å²) in [7, 11) is 0. The van der Waals surface area contributed by atoms with Gasteiger partial charge in [-0.25, -0.2) is 4.39 Å². The monoisotopic (exact) mass is 209 g/mol. The Morgan fingerprint density at radius 3 is 2.93 bits per heavy atom. The van der Waals surface area contributed by atoms with Crippen LogP contribution in [0.5, 0.6) is 0 Å². The first-order valence-electron chi connectivity index (χ1n) is 5.38. The summed E-state index contributed by atoms with van der Waals surface area (Å²) in [6.45, 7) is 2.81. The molecule has 1 aliphatic rings. The molecule has 3 heteroatoms. The van der Waals surface area contributed by atoms with E-state index >= 15 is 0 Å². The molecule has 0 aliphatic carbocycles. The van der Waals surface area contributed by atoms with Gasteiger partial charge in [-0.05, 0) is 31.9 Å². The molecule has 0 aromatic heterocycles. The fourth-order valence-corrected chi connectivity index (χ4v) is 1.93. The van der Waals surface area contributed by atoms with Crippen molar-refractivity contribution in [2.24, 2.45) is 0 Å². The minimum absolute atomic E-state index is 0.184. The van der Waals surface area contributed by atoms with Gasteiger partial charge in [-0.3, -0.25) is 0 Å². The highest BCUT2D eigenvalue weighted by molar-refractivity contribution is 5.45. The van der Waals surface area contributed by atoms with Gasteiger partial charge in [-0.15, -0.1) is 0 Å². The standard InChI is InChI=1S/C12H16FNO/c1-9-8-10(6-7-15-9)14-12-5-3-2-4-11(12)13/h2-5,9-10,14H,6-8H2,1H3. The van der Waals surface area contributed by atoms with Crippen molar-refractivity contribution in [2.75, 3.05) is 11.9 Å². The van der Waals surface area contributed by atoms with Crippen LogP contribution < -0.4 is 5.32 Å². The number of hydrogen-bond donors (Lipinski definition) is 1.